The van der Waals surface area contributed by atoms with Crippen LogP contribution in [0, 0.1) is 0 Å². The van der Waals surface area contributed by atoms with Gasteiger partial charge in [-0.05, 0) is 32.0 Å². The second-order valence-corrected chi connectivity index (χ2v) is 7.35. The van der Waals surface area contributed by atoms with Crippen LogP contribution in [0.3, 0.4) is 0 Å². The molecular weight excluding hydrogens is 409 g/mol. The van der Waals surface area contributed by atoms with Crippen molar-refractivity contribution in [1.29, 1.82) is 0 Å². The number of hydrogen-bond donors (Lipinski definition) is 1. The Morgan fingerprint density at radius 2 is 2.10 bits per heavy atom. The number of nitrogens with zero attached hydrogens (tertiary/aromatic N) is 5. The SMILES string of the molecule is CN1CCNCC1c1noc(C2CCCN(c3ncccc3C(F)(F)F)C2)n1.Cl. The van der Waals surface area contributed by atoms with Gasteiger partial charge in [0.15, 0.2) is 5.82 Å². The number of halogens is 4. The summed E-state index contributed by atoms with van der Waals surface area (Å²) < 4.78 is 45.6. The molecule has 4 heterocycles. The smallest absolute Gasteiger partial charge is 0.355 e. The fraction of sp³-hybridized carbons (Fsp3) is 0.611. The highest BCUT2D eigenvalue weighted by Gasteiger charge is 2.37. The topological polar surface area (TPSA) is 70.3 Å². The minimum atomic E-state index is -4.44. The number of likely N-dealkylation sites (N-methyl/N-ethyl adjacent to an activating group) is 1. The zero-order chi connectivity index (χ0) is 19.7. The molecule has 2 fully saturated rings. The van der Waals surface area contributed by atoms with Gasteiger partial charge in [-0.1, -0.05) is 5.16 Å². The summed E-state index contributed by atoms with van der Waals surface area (Å²) in [6.45, 7) is 3.45. The van der Waals surface area contributed by atoms with Crippen molar-refractivity contribution in [2.24, 2.45) is 0 Å². The summed E-state index contributed by atoms with van der Waals surface area (Å²) in [5.74, 6) is 0.967. The molecule has 160 valence electrons. The molecular formula is C18H24ClF3N6O. The standard InChI is InChI=1S/C18H23F3N6O.ClH/c1-26-9-7-22-10-14(26)15-24-17(28-25-15)12-4-3-8-27(11-12)16-13(18(19,20)21)5-2-6-23-16;/h2,5-6,12,14,22H,3-4,7-11H2,1H3;1H. The maximum absolute atomic E-state index is 13.4. The van der Waals surface area contributed by atoms with Crippen LogP contribution < -0.4 is 10.2 Å². The van der Waals surface area contributed by atoms with Crippen molar-refractivity contribution in [3.8, 4) is 0 Å². The summed E-state index contributed by atoms with van der Waals surface area (Å²) in [6.07, 6.45) is -1.51. The van der Waals surface area contributed by atoms with Crippen LogP contribution in [0.1, 0.15) is 42.1 Å². The molecule has 11 heteroatoms. The predicted octanol–water partition coefficient (Wildman–Crippen LogP) is 2.87. The molecule has 29 heavy (non-hydrogen) atoms. The van der Waals surface area contributed by atoms with Crippen molar-refractivity contribution in [2.45, 2.75) is 31.0 Å². The fourth-order valence-electron chi connectivity index (χ4n) is 3.88. The van der Waals surface area contributed by atoms with Crippen molar-refractivity contribution in [3.63, 3.8) is 0 Å². The Labute approximate surface area is 173 Å². The summed E-state index contributed by atoms with van der Waals surface area (Å²) >= 11 is 0. The Balaban J connectivity index is 0.00000240. The molecule has 0 spiro atoms. The van der Waals surface area contributed by atoms with E-state index in [-0.39, 0.29) is 30.2 Å². The highest BCUT2D eigenvalue weighted by atomic mass is 35.5. The maximum Gasteiger partial charge on any atom is 0.419 e. The minimum Gasteiger partial charge on any atom is -0.355 e. The first-order valence-corrected chi connectivity index (χ1v) is 9.45. The minimum absolute atomic E-state index is 0. The summed E-state index contributed by atoms with van der Waals surface area (Å²) in [6, 6.07) is 2.42. The second-order valence-electron chi connectivity index (χ2n) is 7.35. The summed E-state index contributed by atoms with van der Waals surface area (Å²) in [5.41, 5.74) is -0.711. The molecule has 2 atom stereocenters. The predicted molar refractivity (Wildman–Crippen MR) is 103 cm³/mol. The zero-order valence-electron chi connectivity index (χ0n) is 16.0. The van der Waals surface area contributed by atoms with Crippen LogP contribution in [-0.4, -0.2) is 59.8 Å². The van der Waals surface area contributed by atoms with Crippen LogP contribution in [0.25, 0.3) is 0 Å². The van der Waals surface area contributed by atoms with Gasteiger partial charge in [0.1, 0.15) is 5.82 Å². The Bertz CT molecular complexity index is 817. The lowest BCUT2D eigenvalue weighted by molar-refractivity contribution is -0.137. The number of piperazine rings is 1. The summed E-state index contributed by atoms with van der Waals surface area (Å²) in [5, 5.41) is 7.45. The van der Waals surface area contributed by atoms with Gasteiger partial charge in [0.05, 0.1) is 17.5 Å². The maximum atomic E-state index is 13.4. The van der Waals surface area contributed by atoms with Gasteiger partial charge in [0.25, 0.3) is 0 Å². The van der Waals surface area contributed by atoms with Crippen LogP contribution in [0.2, 0.25) is 0 Å². The highest BCUT2D eigenvalue weighted by molar-refractivity contribution is 5.85. The summed E-state index contributed by atoms with van der Waals surface area (Å²) in [7, 11) is 2.02. The first kappa shape index (κ1) is 21.8. The molecule has 4 rings (SSSR count). The van der Waals surface area contributed by atoms with Crippen molar-refractivity contribution >= 4 is 18.2 Å². The number of hydrogen-bond acceptors (Lipinski definition) is 7. The van der Waals surface area contributed by atoms with E-state index in [1.807, 2.05) is 7.05 Å². The van der Waals surface area contributed by atoms with E-state index < -0.39 is 11.7 Å². The number of alkyl halides is 3. The normalized spacial score (nSPS) is 23.7. The molecule has 0 bridgehead atoms. The van der Waals surface area contributed by atoms with E-state index in [4.69, 9.17) is 4.52 Å². The molecule has 2 aliphatic rings. The molecule has 0 aromatic carbocycles. The lowest BCUT2D eigenvalue weighted by Crippen LogP contribution is -2.44. The fourth-order valence-corrected chi connectivity index (χ4v) is 3.88. The molecule has 0 saturated carbocycles. The number of rotatable bonds is 3. The molecule has 2 aromatic heterocycles. The second kappa shape index (κ2) is 8.85. The van der Waals surface area contributed by atoms with Crippen molar-refractivity contribution < 1.29 is 17.7 Å². The van der Waals surface area contributed by atoms with E-state index in [9.17, 15) is 13.2 Å². The van der Waals surface area contributed by atoms with E-state index in [1.165, 1.54) is 12.3 Å². The molecule has 7 nitrogen and oxygen atoms in total. The number of piperidine rings is 1. The molecule has 2 aliphatic heterocycles. The number of anilines is 1. The summed E-state index contributed by atoms with van der Waals surface area (Å²) in [4.78, 5) is 12.4. The average Bonchev–Trinajstić information content (AvgIpc) is 3.18. The van der Waals surface area contributed by atoms with Gasteiger partial charge in [0.2, 0.25) is 5.89 Å². The molecule has 0 aliphatic carbocycles. The van der Waals surface area contributed by atoms with E-state index >= 15 is 0 Å². The molecule has 1 N–H and O–H groups in total. The van der Waals surface area contributed by atoms with Crippen LogP contribution in [-0.2, 0) is 6.18 Å². The van der Waals surface area contributed by atoms with Crippen molar-refractivity contribution in [2.75, 3.05) is 44.7 Å². The van der Waals surface area contributed by atoms with Gasteiger partial charge in [-0.15, -0.1) is 12.4 Å². The third-order valence-electron chi connectivity index (χ3n) is 5.43. The third-order valence-corrected chi connectivity index (χ3v) is 5.43. The molecule has 2 unspecified atom stereocenters. The average molecular weight is 433 g/mol. The van der Waals surface area contributed by atoms with E-state index in [0.717, 1.165) is 38.5 Å². The molecule has 0 radical (unpaired) electrons. The van der Waals surface area contributed by atoms with Gasteiger partial charge in [-0.2, -0.15) is 18.2 Å². The quantitative estimate of drug-likeness (QED) is 0.799. The van der Waals surface area contributed by atoms with E-state index in [2.05, 4.69) is 25.3 Å². The Kier molecular flexibility index (Phi) is 6.65. The Morgan fingerprint density at radius 3 is 2.86 bits per heavy atom. The number of aromatic nitrogens is 3. The monoisotopic (exact) mass is 432 g/mol. The van der Waals surface area contributed by atoms with Crippen LogP contribution >= 0.6 is 12.4 Å². The van der Waals surface area contributed by atoms with Gasteiger partial charge < -0.3 is 14.7 Å². The number of pyridine rings is 1. The van der Waals surface area contributed by atoms with Crippen LogP contribution in [0.15, 0.2) is 22.9 Å². The van der Waals surface area contributed by atoms with Crippen LogP contribution in [0.5, 0.6) is 0 Å². The first-order chi connectivity index (χ1) is 13.4. The van der Waals surface area contributed by atoms with E-state index in [0.29, 0.717) is 24.8 Å². The highest BCUT2D eigenvalue weighted by Crippen LogP contribution is 2.37. The van der Waals surface area contributed by atoms with E-state index in [1.54, 1.807) is 4.90 Å². The molecule has 2 saturated heterocycles. The van der Waals surface area contributed by atoms with Crippen LogP contribution in [0.4, 0.5) is 19.0 Å². The lowest BCUT2D eigenvalue weighted by atomic mass is 9.97. The van der Waals surface area contributed by atoms with Gasteiger partial charge >= 0.3 is 6.18 Å². The number of nitrogens with one attached hydrogen (secondary N) is 1. The first-order valence-electron chi connectivity index (χ1n) is 9.45. The van der Waals surface area contributed by atoms with Crippen molar-refractivity contribution in [3.05, 3.63) is 35.6 Å². The zero-order valence-corrected chi connectivity index (χ0v) is 16.8. The van der Waals surface area contributed by atoms with Crippen molar-refractivity contribution in [1.82, 2.24) is 25.3 Å². The lowest BCUT2D eigenvalue weighted by Gasteiger charge is -2.33. The van der Waals surface area contributed by atoms with Gasteiger partial charge in [0, 0.05) is 38.9 Å². The van der Waals surface area contributed by atoms with Gasteiger partial charge in [-0.25, -0.2) is 4.98 Å². The third kappa shape index (κ3) is 4.65. The Morgan fingerprint density at radius 1 is 1.28 bits per heavy atom. The van der Waals surface area contributed by atoms with Gasteiger partial charge in [-0.3, -0.25) is 4.90 Å². The molecule has 2 aromatic rings. The largest absolute Gasteiger partial charge is 0.419 e. The molecule has 0 amide bonds. The Hall–Kier alpha value is -1.91.